The second kappa shape index (κ2) is 5.57. The summed E-state index contributed by atoms with van der Waals surface area (Å²) in [4.78, 5) is 0. The van der Waals surface area contributed by atoms with Gasteiger partial charge in [0.25, 0.3) is 0 Å². The second-order valence-corrected chi connectivity index (χ2v) is 4.48. The van der Waals surface area contributed by atoms with Crippen molar-refractivity contribution in [3.8, 4) is 6.07 Å². The molecule has 0 fully saturated rings. The van der Waals surface area contributed by atoms with E-state index in [-0.39, 0.29) is 0 Å². The molecular weight excluding hydrogens is 236 g/mol. The van der Waals surface area contributed by atoms with E-state index in [1.54, 1.807) is 6.07 Å². The van der Waals surface area contributed by atoms with Gasteiger partial charge in [-0.05, 0) is 30.5 Å². The van der Waals surface area contributed by atoms with Crippen molar-refractivity contribution in [1.29, 1.82) is 5.26 Å². The van der Waals surface area contributed by atoms with Gasteiger partial charge in [0.15, 0.2) is 0 Å². The van der Waals surface area contributed by atoms with Crippen molar-refractivity contribution in [2.75, 3.05) is 5.73 Å². The predicted molar refractivity (Wildman–Crippen MR) is 75.7 cm³/mol. The van der Waals surface area contributed by atoms with Crippen LogP contribution in [0.4, 0.5) is 5.69 Å². The van der Waals surface area contributed by atoms with Crippen LogP contribution in [0.3, 0.4) is 0 Å². The average molecular weight is 254 g/mol. The Morgan fingerprint density at radius 3 is 2.74 bits per heavy atom. The molecule has 0 saturated carbocycles. The van der Waals surface area contributed by atoms with E-state index in [1.165, 1.54) is 0 Å². The Morgan fingerprint density at radius 2 is 2.11 bits per heavy atom. The lowest BCUT2D eigenvalue weighted by Crippen LogP contribution is -2.06. The lowest BCUT2D eigenvalue weighted by atomic mass is 10.1. The van der Waals surface area contributed by atoms with Crippen LogP contribution in [0.15, 0.2) is 24.3 Å². The molecule has 0 radical (unpaired) electrons. The first-order valence-corrected chi connectivity index (χ1v) is 6.52. The molecule has 0 bridgehead atoms. The molecule has 2 rings (SSSR count). The lowest BCUT2D eigenvalue weighted by Gasteiger charge is -2.06. The van der Waals surface area contributed by atoms with Crippen LogP contribution in [0.25, 0.3) is 0 Å². The zero-order valence-electron chi connectivity index (χ0n) is 11.3. The normalized spacial score (nSPS) is 10.4. The van der Waals surface area contributed by atoms with E-state index in [0.29, 0.717) is 12.1 Å². The highest BCUT2D eigenvalue weighted by molar-refractivity contribution is 5.48. The van der Waals surface area contributed by atoms with Gasteiger partial charge in [-0.2, -0.15) is 10.4 Å². The van der Waals surface area contributed by atoms with E-state index in [4.69, 9.17) is 11.0 Å². The van der Waals surface area contributed by atoms with Gasteiger partial charge < -0.3 is 5.73 Å². The summed E-state index contributed by atoms with van der Waals surface area (Å²) in [6.45, 7) is 4.79. The topological polar surface area (TPSA) is 67.6 Å². The highest BCUT2D eigenvalue weighted by Crippen LogP contribution is 2.19. The molecule has 1 heterocycles. The Kier molecular flexibility index (Phi) is 3.86. The fourth-order valence-electron chi connectivity index (χ4n) is 2.24. The number of nitrogens with zero attached hydrogens (tertiary/aromatic N) is 3. The minimum atomic E-state index is 0.656. The zero-order valence-corrected chi connectivity index (χ0v) is 11.3. The Balaban J connectivity index is 2.35. The van der Waals surface area contributed by atoms with Crippen LogP contribution >= 0.6 is 0 Å². The summed E-state index contributed by atoms with van der Waals surface area (Å²) >= 11 is 0. The van der Waals surface area contributed by atoms with Gasteiger partial charge in [0, 0.05) is 0 Å². The van der Waals surface area contributed by atoms with Crippen molar-refractivity contribution in [2.24, 2.45) is 0 Å². The molecule has 1 aromatic carbocycles. The molecule has 19 heavy (non-hydrogen) atoms. The number of rotatable bonds is 4. The van der Waals surface area contributed by atoms with Crippen molar-refractivity contribution >= 4 is 5.69 Å². The quantitative estimate of drug-likeness (QED) is 0.911. The van der Waals surface area contributed by atoms with Crippen molar-refractivity contribution in [2.45, 2.75) is 33.2 Å². The zero-order chi connectivity index (χ0) is 13.8. The fourth-order valence-corrected chi connectivity index (χ4v) is 2.24. The summed E-state index contributed by atoms with van der Waals surface area (Å²) < 4.78 is 1.95. The van der Waals surface area contributed by atoms with Crippen LogP contribution < -0.4 is 5.73 Å². The van der Waals surface area contributed by atoms with Gasteiger partial charge in [-0.3, -0.25) is 4.68 Å². The highest BCUT2D eigenvalue weighted by atomic mass is 15.3. The highest BCUT2D eigenvalue weighted by Gasteiger charge is 2.12. The number of nitrogen functional groups attached to an aromatic ring is 1. The van der Waals surface area contributed by atoms with Gasteiger partial charge >= 0.3 is 0 Å². The molecule has 0 saturated heterocycles. The summed E-state index contributed by atoms with van der Waals surface area (Å²) in [6, 6.07) is 9.75. The number of nitriles is 1. The molecule has 98 valence electrons. The van der Waals surface area contributed by atoms with Gasteiger partial charge in [-0.1, -0.05) is 26.0 Å². The number of benzene rings is 1. The van der Waals surface area contributed by atoms with Crippen LogP contribution in [-0.2, 0) is 19.4 Å². The number of aryl methyl sites for hydroxylation is 1. The minimum Gasteiger partial charge on any atom is -0.396 e. The first kappa shape index (κ1) is 13.2. The van der Waals surface area contributed by atoms with E-state index in [2.05, 4.69) is 25.0 Å². The minimum absolute atomic E-state index is 0.656. The SMILES string of the molecule is CCc1nn(Cc2cccc(C#N)c2)c(CC)c1N. The van der Waals surface area contributed by atoms with Crippen molar-refractivity contribution in [3.05, 3.63) is 46.8 Å². The Morgan fingerprint density at radius 1 is 1.32 bits per heavy atom. The molecule has 4 heteroatoms. The molecule has 0 atom stereocenters. The monoisotopic (exact) mass is 254 g/mol. The summed E-state index contributed by atoms with van der Waals surface area (Å²) in [5, 5.41) is 13.5. The molecule has 0 spiro atoms. The largest absolute Gasteiger partial charge is 0.396 e. The number of nitrogens with two attached hydrogens (primary N) is 1. The van der Waals surface area contributed by atoms with Gasteiger partial charge in [0.1, 0.15) is 0 Å². The predicted octanol–water partition coefficient (Wildman–Crippen LogP) is 2.51. The molecule has 4 nitrogen and oxygen atoms in total. The van der Waals surface area contributed by atoms with Gasteiger partial charge in [-0.25, -0.2) is 0 Å². The number of hydrogen-bond acceptors (Lipinski definition) is 3. The standard InChI is InChI=1S/C15H18N4/c1-3-13-15(17)14(4-2)19(18-13)10-12-7-5-6-11(8-12)9-16/h5-8H,3-4,10,17H2,1-2H3. The lowest BCUT2D eigenvalue weighted by molar-refractivity contribution is 0.640. The van der Waals surface area contributed by atoms with Gasteiger partial charge in [-0.15, -0.1) is 0 Å². The second-order valence-electron chi connectivity index (χ2n) is 4.48. The molecule has 0 aliphatic carbocycles. The van der Waals surface area contributed by atoms with Crippen LogP contribution in [0.1, 0.15) is 36.4 Å². The molecule has 0 amide bonds. The van der Waals surface area contributed by atoms with Gasteiger partial charge in [0.2, 0.25) is 0 Å². The van der Waals surface area contributed by atoms with Crippen LogP contribution in [-0.4, -0.2) is 9.78 Å². The van der Waals surface area contributed by atoms with Crippen LogP contribution in [0, 0.1) is 11.3 Å². The van der Waals surface area contributed by atoms with Crippen molar-refractivity contribution in [3.63, 3.8) is 0 Å². The smallest absolute Gasteiger partial charge is 0.0991 e. The molecule has 2 N–H and O–H groups in total. The Hall–Kier alpha value is -2.28. The summed E-state index contributed by atoms with van der Waals surface area (Å²) in [5.74, 6) is 0. The van der Waals surface area contributed by atoms with Gasteiger partial charge in [0.05, 0.1) is 35.3 Å². The number of aromatic nitrogens is 2. The molecule has 1 aromatic heterocycles. The maximum absolute atomic E-state index is 8.92. The maximum atomic E-state index is 8.92. The fraction of sp³-hybridized carbons (Fsp3) is 0.333. The first-order valence-electron chi connectivity index (χ1n) is 6.52. The molecular formula is C15H18N4. The van der Waals surface area contributed by atoms with Crippen molar-refractivity contribution in [1.82, 2.24) is 9.78 Å². The third kappa shape index (κ3) is 2.60. The summed E-state index contributed by atoms with van der Waals surface area (Å²) in [6.07, 6.45) is 1.70. The van der Waals surface area contributed by atoms with Crippen molar-refractivity contribution < 1.29 is 0 Å². The third-order valence-corrected chi connectivity index (χ3v) is 3.23. The first-order chi connectivity index (χ1) is 9.19. The average Bonchev–Trinajstić information content (AvgIpc) is 2.74. The van der Waals surface area contributed by atoms with E-state index in [1.807, 2.05) is 22.9 Å². The number of hydrogen-bond donors (Lipinski definition) is 1. The van der Waals surface area contributed by atoms with E-state index in [0.717, 1.165) is 35.5 Å². The van der Waals surface area contributed by atoms with Crippen LogP contribution in [0.5, 0.6) is 0 Å². The van der Waals surface area contributed by atoms with E-state index >= 15 is 0 Å². The molecule has 0 unspecified atom stereocenters. The van der Waals surface area contributed by atoms with Crippen LogP contribution in [0.2, 0.25) is 0 Å². The summed E-state index contributed by atoms with van der Waals surface area (Å²) in [5.41, 5.74) is 10.7. The maximum Gasteiger partial charge on any atom is 0.0991 e. The number of anilines is 1. The van der Waals surface area contributed by atoms with E-state index < -0.39 is 0 Å². The molecule has 2 aromatic rings. The molecule has 0 aliphatic heterocycles. The van der Waals surface area contributed by atoms with E-state index in [9.17, 15) is 0 Å². The third-order valence-electron chi connectivity index (χ3n) is 3.23. The summed E-state index contributed by atoms with van der Waals surface area (Å²) in [7, 11) is 0. The molecule has 0 aliphatic rings. The Labute approximate surface area is 113 Å². The Bertz CT molecular complexity index is 620.